The predicted molar refractivity (Wildman–Crippen MR) is 122 cm³/mol. The number of hydrogen-bond donors (Lipinski definition) is 1. The molecule has 0 aliphatic rings. The van der Waals surface area contributed by atoms with Crippen molar-refractivity contribution in [3.63, 3.8) is 0 Å². The molecular formula is C23H16N4O3S2. The highest BCUT2D eigenvalue weighted by atomic mass is 32.2. The summed E-state index contributed by atoms with van der Waals surface area (Å²) in [6.07, 6.45) is 1.65. The topological polar surface area (TPSA) is 113 Å². The van der Waals surface area contributed by atoms with E-state index in [0.29, 0.717) is 22.1 Å². The monoisotopic (exact) mass is 460 g/mol. The second-order valence-electron chi connectivity index (χ2n) is 6.71. The van der Waals surface area contributed by atoms with Crippen LogP contribution in [0.15, 0.2) is 89.3 Å². The summed E-state index contributed by atoms with van der Waals surface area (Å²) in [6.45, 7) is 0. The van der Waals surface area contributed by atoms with Crippen molar-refractivity contribution >= 4 is 32.8 Å². The number of carbonyl (C=O) groups excluding carboxylic acids is 1. The highest BCUT2D eigenvalue weighted by Crippen LogP contribution is 2.28. The van der Waals surface area contributed by atoms with Gasteiger partial charge in [-0.25, -0.2) is 13.4 Å². The van der Waals surface area contributed by atoms with Crippen LogP contribution in [0, 0.1) is 11.3 Å². The molecular weight excluding hydrogens is 444 g/mol. The number of nitriles is 1. The van der Waals surface area contributed by atoms with Crippen LogP contribution in [-0.4, -0.2) is 24.2 Å². The highest BCUT2D eigenvalue weighted by Gasteiger charge is 2.25. The second-order valence-corrected chi connectivity index (χ2v) is 9.28. The molecule has 9 heteroatoms. The standard InChI is InChI=1S/C23H16N4O3S2/c24-14-19(23-26-21(15-31-23)20-8-4-5-13-25-20)22(28)16-9-11-17(12-10-16)27-32(29,30)18-6-2-1-3-7-18/h1-13,15,19,27H/t19-/m1/s1. The zero-order chi connectivity index (χ0) is 22.6. The number of ketones is 1. The van der Waals surface area contributed by atoms with Crippen LogP contribution >= 0.6 is 11.3 Å². The van der Waals surface area contributed by atoms with Crippen molar-refractivity contribution in [3.8, 4) is 17.5 Å². The van der Waals surface area contributed by atoms with Gasteiger partial charge in [0.05, 0.1) is 22.4 Å². The molecule has 0 saturated heterocycles. The molecule has 0 fully saturated rings. The minimum atomic E-state index is -3.74. The lowest BCUT2D eigenvalue weighted by Crippen LogP contribution is -2.14. The fraction of sp³-hybridized carbons (Fsp3) is 0.0435. The van der Waals surface area contributed by atoms with Crippen molar-refractivity contribution in [2.24, 2.45) is 0 Å². The summed E-state index contributed by atoms with van der Waals surface area (Å²) >= 11 is 1.22. The van der Waals surface area contributed by atoms with Crippen molar-refractivity contribution in [1.82, 2.24) is 9.97 Å². The Hall–Kier alpha value is -3.87. The molecule has 4 rings (SSSR count). The Morgan fingerprint density at radius 1 is 0.969 bits per heavy atom. The van der Waals surface area contributed by atoms with Gasteiger partial charge < -0.3 is 0 Å². The molecule has 158 valence electrons. The number of carbonyl (C=O) groups is 1. The third kappa shape index (κ3) is 4.56. The number of anilines is 1. The Kier molecular flexibility index (Phi) is 6.07. The SMILES string of the molecule is N#C[C@H](C(=O)c1ccc(NS(=O)(=O)c2ccccc2)cc1)c1nc(-c2ccccn2)cs1. The van der Waals surface area contributed by atoms with E-state index in [0.717, 1.165) is 0 Å². The number of Topliss-reactive ketones (excluding diaryl/α,β-unsaturated/α-hetero) is 1. The van der Waals surface area contributed by atoms with Crippen LogP contribution in [0.1, 0.15) is 21.3 Å². The van der Waals surface area contributed by atoms with E-state index in [4.69, 9.17) is 0 Å². The van der Waals surface area contributed by atoms with Gasteiger partial charge in [0.1, 0.15) is 5.01 Å². The molecule has 0 aliphatic carbocycles. The first-order valence-corrected chi connectivity index (χ1v) is 11.8. The maximum absolute atomic E-state index is 12.9. The molecule has 2 aromatic carbocycles. The van der Waals surface area contributed by atoms with Gasteiger partial charge in [0, 0.05) is 22.8 Å². The molecule has 0 saturated carbocycles. The molecule has 2 aromatic heterocycles. The molecule has 1 N–H and O–H groups in total. The molecule has 4 aromatic rings. The normalized spacial score (nSPS) is 12.0. The fourth-order valence-electron chi connectivity index (χ4n) is 2.96. The fourth-order valence-corrected chi connectivity index (χ4v) is 4.89. The zero-order valence-corrected chi connectivity index (χ0v) is 18.2. The quantitative estimate of drug-likeness (QED) is 0.407. The van der Waals surface area contributed by atoms with Gasteiger partial charge in [0.15, 0.2) is 11.7 Å². The first kappa shape index (κ1) is 21.4. The third-order valence-corrected chi connectivity index (χ3v) is 6.87. The summed E-state index contributed by atoms with van der Waals surface area (Å²) in [5, 5.41) is 11.8. The summed E-state index contributed by atoms with van der Waals surface area (Å²) in [5.41, 5.74) is 1.86. The van der Waals surface area contributed by atoms with Gasteiger partial charge in [-0.15, -0.1) is 11.3 Å². The lowest BCUT2D eigenvalue weighted by molar-refractivity contribution is 0.0979. The highest BCUT2D eigenvalue weighted by molar-refractivity contribution is 7.92. The number of nitrogens with zero attached hydrogens (tertiary/aromatic N) is 3. The van der Waals surface area contributed by atoms with Crippen LogP contribution in [0.25, 0.3) is 11.4 Å². The largest absolute Gasteiger partial charge is 0.292 e. The van der Waals surface area contributed by atoms with Gasteiger partial charge in [-0.05, 0) is 48.5 Å². The molecule has 32 heavy (non-hydrogen) atoms. The van der Waals surface area contributed by atoms with Gasteiger partial charge in [-0.3, -0.25) is 14.5 Å². The first-order chi connectivity index (χ1) is 15.5. The van der Waals surface area contributed by atoms with Crippen LogP contribution in [0.5, 0.6) is 0 Å². The molecule has 0 spiro atoms. The second kappa shape index (κ2) is 9.09. The average Bonchev–Trinajstić information content (AvgIpc) is 3.31. The van der Waals surface area contributed by atoms with Crippen molar-refractivity contribution in [2.45, 2.75) is 10.8 Å². The Morgan fingerprint density at radius 2 is 1.69 bits per heavy atom. The predicted octanol–water partition coefficient (Wildman–Crippen LogP) is 4.50. The number of nitrogens with one attached hydrogen (secondary N) is 1. The number of thiazole rings is 1. The molecule has 1 atom stereocenters. The van der Waals surface area contributed by atoms with Gasteiger partial charge in [0.2, 0.25) is 0 Å². The van der Waals surface area contributed by atoms with E-state index in [9.17, 15) is 18.5 Å². The number of hydrogen-bond acceptors (Lipinski definition) is 7. The molecule has 0 unspecified atom stereocenters. The molecule has 0 amide bonds. The minimum Gasteiger partial charge on any atom is -0.292 e. The van der Waals surface area contributed by atoms with E-state index in [2.05, 4.69) is 14.7 Å². The Balaban J connectivity index is 1.52. The van der Waals surface area contributed by atoms with Gasteiger partial charge >= 0.3 is 0 Å². The van der Waals surface area contributed by atoms with Gasteiger partial charge in [-0.1, -0.05) is 24.3 Å². The summed E-state index contributed by atoms with van der Waals surface area (Å²) in [5.74, 6) is -1.48. The summed E-state index contributed by atoms with van der Waals surface area (Å²) < 4.78 is 27.4. The Labute approximate surface area is 189 Å². The number of aromatic nitrogens is 2. The Morgan fingerprint density at radius 3 is 2.34 bits per heavy atom. The van der Waals surface area contributed by atoms with Crippen molar-refractivity contribution in [3.05, 3.63) is 94.9 Å². The minimum absolute atomic E-state index is 0.136. The van der Waals surface area contributed by atoms with Crippen molar-refractivity contribution in [2.75, 3.05) is 4.72 Å². The molecule has 0 radical (unpaired) electrons. The van der Waals surface area contributed by atoms with Crippen LogP contribution in [0.3, 0.4) is 0 Å². The van der Waals surface area contributed by atoms with Crippen molar-refractivity contribution in [1.29, 1.82) is 5.26 Å². The van der Waals surface area contributed by atoms with E-state index >= 15 is 0 Å². The van der Waals surface area contributed by atoms with Crippen LogP contribution < -0.4 is 4.72 Å². The van der Waals surface area contributed by atoms with E-state index in [1.165, 1.54) is 47.7 Å². The molecule has 0 bridgehead atoms. The molecule has 2 heterocycles. The summed E-state index contributed by atoms with van der Waals surface area (Å²) in [7, 11) is -3.74. The number of benzene rings is 2. The van der Waals surface area contributed by atoms with E-state index in [1.807, 2.05) is 12.1 Å². The number of pyridine rings is 1. The van der Waals surface area contributed by atoms with E-state index in [1.54, 1.807) is 41.9 Å². The van der Waals surface area contributed by atoms with Gasteiger partial charge in [-0.2, -0.15) is 5.26 Å². The lowest BCUT2D eigenvalue weighted by Gasteiger charge is -2.09. The maximum atomic E-state index is 12.9. The van der Waals surface area contributed by atoms with Crippen LogP contribution in [0.4, 0.5) is 5.69 Å². The smallest absolute Gasteiger partial charge is 0.261 e. The molecule has 7 nitrogen and oxygen atoms in total. The summed E-state index contributed by atoms with van der Waals surface area (Å²) in [4.78, 5) is 21.7. The van der Waals surface area contributed by atoms with E-state index < -0.39 is 21.7 Å². The zero-order valence-electron chi connectivity index (χ0n) is 16.5. The van der Waals surface area contributed by atoms with Crippen LogP contribution in [-0.2, 0) is 10.0 Å². The lowest BCUT2D eigenvalue weighted by atomic mass is 9.99. The Bertz CT molecular complexity index is 1380. The first-order valence-electron chi connectivity index (χ1n) is 9.46. The number of sulfonamides is 1. The van der Waals surface area contributed by atoms with Crippen molar-refractivity contribution < 1.29 is 13.2 Å². The van der Waals surface area contributed by atoms with Crippen LogP contribution in [0.2, 0.25) is 0 Å². The third-order valence-electron chi connectivity index (χ3n) is 4.56. The molecule has 0 aliphatic heterocycles. The number of rotatable bonds is 7. The van der Waals surface area contributed by atoms with Gasteiger partial charge in [0.25, 0.3) is 10.0 Å². The maximum Gasteiger partial charge on any atom is 0.261 e. The summed E-state index contributed by atoms with van der Waals surface area (Å²) in [6, 6.07) is 21.4. The average molecular weight is 461 g/mol. The van der Waals surface area contributed by atoms with E-state index in [-0.39, 0.29) is 10.5 Å².